The van der Waals surface area contributed by atoms with Crippen molar-refractivity contribution in [1.82, 2.24) is 10.9 Å². The number of amides is 2. The predicted molar refractivity (Wildman–Crippen MR) is 100.0 cm³/mol. The molecule has 0 saturated carbocycles. The van der Waals surface area contributed by atoms with Gasteiger partial charge in [-0.05, 0) is 46.3 Å². The Balaban J connectivity index is 1.45. The molecule has 2 aromatic rings. The van der Waals surface area contributed by atoms with Crippen LogP contribution in [0.4, 0.5) is 0 Å². The van der Waals surface area contributed by atoms with Crippen molar-refractivity contribution in [3.63, 3.8) is 0 Å². The largest absolute Gasteiger partial charge is 0.485 e. The number of nitrogens with one attached hydrogen (secondary N) is 2. The Kier molecular flexibility index (Phi) is 6.00. The fraction of sp³-hybridized carbons (Fsp3) is 0.176. The van der Waals surface area contributed by atoms with E-state index in [9.17, 15) is 9.59 Å². The maximum absolute atomic E-state index is 12.1. The van der Waals surface area contributed by atoms with Crippen LogP contribution in [-0.4, -0.2) is 31.1 Å². The monoisotopic (exact) mass is 484 g/mol. The Hall–Kier alpha value is -2.26. The first-order valence-electron chi connectivity index (χ1n) is 7.58. The number of benzene rings is 2. The molecule has 1 aliphatic rings. The van der Waals surface area contributed by atoms with Crippen molar-refractivity contribution in [3.05, 3.63) is 51.4 Å². The third-order valence-corrected chi connectivity index (χ3v) is 4.49. The van der Waals surface area contributed by atoms with Gasteiger partial charge >= 0.3 is 0 Å². The first-order chi connectivity index (χ1) is 12.5. The van der Waals surface area contributed by atoms with Gasteiger partial charge in [0.1, 0.15) is 12.4 Å². The molecule has 136 valence electrons. The molecule has 2 N–H and O–H groups in total. The average molecular weight is 486 g/mol. The third-order valence-electron chi connectivity index (χ3n) is 3.38. The number of fused-ring (bicyclic) bond motifs is 1. The van der Waals surface area contributed by atoms with Crippen LogP contribution in [0.3, 0.4) is 0 Å². The van der Waals surface area contributed by atoms with Crippen LogP contribution < -0.4 is 25.1 Å². The lowest BCUT2D eigenvalue weighted by molar-refractivity contribution is -0.135. The second-order valence-corrected chi connectivity index (χ2v) is 7.04. The molecule has 0 aromatic heterocycles. The highest BCUT2D eigenvalue weighted by Gasteiger charge is 2.27. The van der Waals surface area contributed by atoms with Crippen LogP contribution in [0.1, 0.15) is 0 Å². The third kappa shape index (κ3) is 4.67. The van der Waals surface area contributed by atoms with E-state index in [1.165, 1.54) is 0 Å². The van der Waals surface area contributed by atoms with Crippen molar-refractivity contribution in [2.45, 2.75) is 6.10 Å². The van der Waals surface area contributed by atoms with Crippen molar-refractivity contribution in [2.75, 3.05) is 13.2 Å². The zero-order valence-corrected chi connectivity index (χ0v) is 16.5. The summed E-state index contributed by atoms with van der Waals surface area (Å²) in [6, 6.07) is 12.4. The molecule has 9 heteroatoms. The van der Waals surface area contributed by atoms with Crippen molar-refractivity contribution in [3.8, 4) is 17.2 Å². The number of halogens is 2. The van der Waals surface area contributed by atoms with E-state index >= 15 is 0 Å². The first kappa shape index (κ1) is 18.5. The van der Waals surface area contributed by atoms with Gasteiger partial charge in [0.2, 0.25) is 6.10 Å². The van der Waals surface area contributed by atoms with Gasteiger partial charge in [0.25, 0.3) is 11.8 Å². The smallest absolute Gasteiger partial charge is 0.283 e. The van der Waals surface area contributed by atoms with E-state index < -0.39 is 17.9 Å². The summed E-state index contributed by atoms with van der Waals surface area (Å²) in [5.74, 6) is 0.543. The van der Waals surface area contributed by atoms with Gasteiger partial charge < -0.3 is 14.2 Å². The molecule has 7 nitrogen and oxygen atoms in total. The summed E-state index contributed by atoms with van der Waals surface area (Å²) in [6.07, 6.45) is -0.855. The van der Waals surface area contributed by atoms with Gasteiger partial charge in [0, 0.05) is 4.47 Å². The molecule has 0 aliphatic carbocycles. The topological polar surface area (TPSA) is 85.9 Å². The lowest BCUT2D eigenvalue weighted by atomic mass is 10.2. The number of hydrogen-bond acceptors (Lipinski definition) is 5. The van der Waals surface area contributed by atoms with Gasteiger partial charge in [-0.1, -0.05) is 28.1 Å². The molecule has 1 atom stereocenters. The second-order valence-electron chi connectivity index (χ2n) is 5.27. The summed E-state index contributed by atoms with van der Waals surface area (Å²) in [6.45, 7) is -0.202. The quantitative estimate of drug-likeness (QED) is 0.650. The van der Waals surface area contributed by atoms with Gasteiger partial charge in [0.05, 0.1) is 4.47 Å². The molecular weight excluding hydrogens is 472 g/mol. The summed E-state index contributed by atoms with van der Waals surface area (Å²) >= 11 is 6.67. The maximum atomic E-state index is 12.1. The van der Waals surface area contributed by atoms with E-state index in [-0.39, 0.29) is 13.2 Å². The highest BCUT2D eigenvalue weighted by molar-refractivity contribution is 9.11. The van der Waals surface area contributed by atoms with Gasteiger partial charge in [-0.25, -0.2) is 0 Å². The number of hydrazine groups is 1. The van der Waals surface area contributed by atoms with E-state index in [4.69, 9.17) is 14.2 Å². The van der Waals surface area contributed by atoms with Gasteiger partial charge in [0.15, 0.2) is 18.1 Å². The molecule has 0 radical (unpaired) electrons. The van der Waals surface area contributed by atoms with Crippen molar-refractivity contribution in [2.24, 2.45) is 0 Å². The van der Waals surface area contributed by atoms with E-state index in [1.807, 2.05) is 6.07 Å². The molecule has 0 bridgehead atoms. The molecule has 3 rings (SSSR count). The van der Waals surface area contributed by atoms with Crippen LogP contribution in [-0.2, 0) is 9.59 Å². The van der Waals surface area contributed by atoms with Crippen molar-refractivity contribution >= 4 is 43.7 Å². The van der Waals surface area contributed by atoms with Crippen LogP contribution >= 0.6 is 31.9 Å². The van der Waals surface area contributed by atoms with Crippen LogP contribution in [0.5, 0.6) is 17.2 Å². The lowest BCUT2D eigenvalue weighted by Gasteiger charge is -2.25. The number of para-hydroxylation sites is 2. The molecule has 0 saturated heterocycles. The van der Waals surface area contributed by atoms with Crippen LogP contribution in [0.25, 0.3) is 0 Å². The van der Waals surface area contributed by atoms with Crippen LogP contribution in [0, 0.1) is 0 Å². The van der Waals surface area contributed by atoms with E-state index in [2.05, 4.69) is 42.7 Å². The Morgan fingerprint density at radius 2 is 1.88 bits per heavy atom. The number of ether oxygens (including phenoxy) is 3. The van der Waals surface area contributed by atoms with Gasteiger partial charge in [-0.15, -0.1) is 0 Å². The summed E-state index contributed by atoms with van der Waals surface area (Å²) in [5, 5.41) is 0. The maximum Gasteiger partial charge on any atom is 0.283 e. The predicted octanol–water partition coefficient (Wildman–Crippen LogP) is 2.58. The minimum Gasteiger partial charge on any atom is -0.485 e. The summed E-state index contributed by atoms with van der Waals surface area (Å²) < 4.78 is 18.0. The van der Waals surface area contributed by atoms with Crippen LogP contribution in [0.15, 0.2) is 51.4 Å². The first-order valence-corrected chi connectivity index (χ1v) is 9.16. The molecule has 1 heterocycles. The molecule has 26 heavy (non-hydrogen) atoms. The van der Waals surface area contributed by atoms with E-state index in [0.29, 0.717) is 21.7 Å². The Morgan fingerprint density at radius 1 is 1.12 bits per heavy atom. The van der Waals surface area contributed by atoms with Crippen LogP contribution in [0.2, 0.25) is 0 Å². The normalized spacial score (nSPS) is 15.1. The number of carbonyl (C=O) groups is 2. The Bertz CT molecular complexity index is 831. The molecule has 0 fully saturated rings. The zero-order valence-electron chi connectivity index (χ0n) is 13.3. The molecule has 1 unspecified atom stereocenters. The minimum atomic E-state index is -0.855. The van der Waals surface area contributed by atoms with E-state index in [1.54, 1.807) is 36.4 Å². The molecule has 1 aliphatic heterocycles. The average Bonchev–Trinajstić information content (AvgIpc) is 2.65. The second kappa shape index (κ2) is 8.41. The highest BCUT2D eigenvalue weighted by atomic mass is 79.9. The molecule has 2 aromatic carbocycles. The fourth-order valence-electron chi connectivity index (χ4n) is 2.13. The fourth-order valence-corrected chi connectivity index (χ4v) is 3.29. The minimum absolute atomic E-state index is 0.0566. The molecular formula is C17H14Br2N2O5. The molecule has 0 spiro atoms. The summed E-state index contributed by atoms with van der Waals surface area (Å²) in [5.41, 5.74) is 4.58. The SMILES string of the molecule is O=C(COc1ccc(Br)cc1Br)NNC(=O)C1COc2ccccc2O1. The summed E-state index contributed by atoms with van der Waals surface area (Å²) in [4.78, 5) is 23.9. The standard InChI is InChI=1S/C17H14Br2N2O5/c18-10-5-6-12(11(19)7-10)25-9-16(22)20-21-17(23)15-8-24-13-3-1-2-4-14(13)26-15/h1-7,15H,8-9H2,(H,20,22)(H,21,23). The number of carbonyl (C=O) groups excluding carboxylic acids is 2. The number of hydrogen-bond donors (Lipinski definition) is 2. The van der Waals surface area contributed by atoms with Crippen molar-refractivity contribution < 1.29 is 23.8 Å². The number of rotatable bonds is 4. The summed E-state index contributed by atoms with van der Waals surface area (Å²) in [7, 11) is 0. The lowest BCUT2D eigenvalue weighted by Crippen LogP contribution is -2.51. The van der Waals surface area contributed by atoms with Gasteiger partial charge in [-0.2, -0.15) is 0 Å². The van der Waals surface area contributed by atoms with Crippen molar-refractivity contribution in [1.29, 1.82) is 0 Å². The Morgan fingerprint density at radius 3 is 2.65 bits per heavy atom. The zero-order chi connectivity index (χ0) is 18.5. The molecule has 2 amide bonds. The highest BCUT2D eigenvalue weighted by Crippen LogP contribution is 2.31. The van der Waals surface area contributed by atoms with E-state index in [0.717, 1.165) is 4.47 Å². The van der Waals surface area contributed by atoms with Gasteiger partial charge in [-0.3, -0.25) is 20.4 Å². The Labute approximate surface area is 166 Å².